The molecule has 2 aromatic heterocycles. The second-order valence-electron chi connectivity index (χ2n) is 5.58. The number of hydrogen-bond acceptors (Lipinski definition) is 6. The molecule has 1 fully saturated rings. The number of nitrogens with zero attached hydrogens (tertiary/aromatic N) is 3. The van der Waals surface area contributed by atoms with Crippen LogP contribution in [0, 0.1) is 12.8 Å². The zero-order chi connectivity index (χ0) is 14.8. The van der Waals surface area contributed by atoms with E-state index in [0.29, 0.717) is 11.9 Å². The lowest BCUT2D eigenvalue weighted by Gasteiger charge is -2.32. The fraction of sp³-hybridized carbons (Fsp3) is 0.600. The highest BCUT2D eigenvalue weighted by atomic mass is 32.1. The van der Waals surface area contributed by atoms with Crippen LogP contribution in [-0.4, -0.2) is 43.8 Å². The predicted molar refractivity (Wildman–Crippen MR) is 88.5 cm³/mol. The van der Waals surface area contributed by atoms with E-state index in [9.17, 15) is 0 Å². The topological polar surface area (TPSA) is 50.3 Å². The number of rotatable bonds is 4. The summed E-state index contributed by atoms with van der Waals surface area (Å²) in [7, 11) is 3.66. The van der Waals surface area contributed by atoms with Gasteiger partial charge in [0.05, 0.1) is 5.39 Å². The number of piperidine rings is 1. The van der Waals surface area contributed by atoms with Gasteiger partial charge >= 0.3 is 0 Å². The zero-order valence-electron chi connectivity index (χ0n) is 12.8. The molecule has 0 bridgehead atoms. The molecule has 1 aliphatic rings. The summed E-state index contributed by atoms with van der Waals surface area (Å²) in [4.78, 5) is 14.0. The fourth-order valence-corrected chi connectivity index (χ4v) is 3.80. The van der Waals surface area contributed by atoms with Crippen molar-refractivity contribution >= 4 is 33.3 Å². The molecule has 114 valence electrons. The van der Waals surface area contributed by atoms with Crippen molar-refractivity contribution in [3.05, 3.63) is 10.9 Å². The summed E-state index contributed by atoms with van der Waals surface area (Å²) in [6.07, 6.45) is 2.33. The van der Waals surface area contributed by atoms with Crippen LogP contribution >= 0.6 is 11.3 Å². The standard InChI is InChI=1S/C15H22N4OS/c1-10-8-12-13(17-15(16-2)18-14(12)21-10)19-6-4-11(5-7-19)9-20-3/h8,11H,4-7,9H2,1-3H3,(H,16,17,18). The largest absolute Gasteiger partial charge is 0.384 e. The Hall–Kier alpha value is -1.40. The number of methoxy groups -OCH3 is 1. The molecule has 1 aliphatic heterocycles. The molecule has 0 amide bonds. The zero-order valence-corrected chi connectivity index (χ0v) is 13.7. The minimum absolute atomic E-state index is 0.677. The van der Waals surface area contributed by atoms with Gasteiger partial charge in [0.15, 0.2) is 0 Å². The predicted octanol–water partition coefficient (Wildman–Crippen LogP) is 2.90. The van der Waals surface area contributed by atoms with E-state index in [1.165, 1.54) is 10.3 Å². The third-order valence-electron chi connectivity index (χ3n) is 4.04. The number of hydrogen-bond donors (Lipinski definition) is 1. The van der Waals surface area contributed by atoms with Gasteiger partial charge in [0, 0.05) is 38.7 Å². The number of thiophene rings is 1. The first-order valence-corrected chi connectivity index (χ1v) is 8.22. The molecule has 3 heterocycles. The van der Waals surface area contributed by atoms with Crippen LogP contribution in [0.1, 0.15) is 17.7 Å². The minimum atomic E-state index is 0.677. The maximum absolute atomic E-state index is 5.28. The number of aryl methyl sites for hydroxylation is 1. The molecule has 0 saturated carbocycles. The van der Waals surface area contributed by atoms with Crippen LogP contribution in [0.25, 0.3) is 10.2 Å². The van der Waals surface area contributed by atoms with E-state index in [1.54, 1.807) is 18.4 Å². The van der Waals surface area contributed by atoms with Crippen molar-refractivity contribution in [1.82, 2.24) is 9.97 Å². The number of ether oxygens (including phenoxy) is 1. The summed E-state index contributed by atoms with van der Waals surface area (Å²) in [5.74, 6) is 2.46. The molecule has 1 N–H and O–H groups in total. The fourth-order valence-electron chi connectivity index (χ4n) is 2.93. The molecule has 3 rings (SSSR count). The quantitative estimate of drug-likeness (QED) is 0.941. The summed E-state index contributed by atoms with van der Waals surface area (Å²) >= 11 is 1.73. The SMILES string of the molecule is CNc1nc(N2CCC(COC)CC2)c2cc(C)sc2n1. The molecule has 2 aromatic rings. The minimum Gasteiger partial charge on any atom is -0.384 e. The van der Waals surface area contributed by atoms with Gasteiger partial charge in [0.1, 0.15) is 10.6 Å². The Morgan fingerprint density at radius 2 is 2.14 bits per heavy atom. The molecule has 0 aliphatic carbocycles. The van der Waals surface area contributed by atoms with Crippen molar-refractivity contribution in [2.75, 3.05) is 44.1 Å². The van der Waals surface area contributed by atoms with Crippen LogP contribution in [0.4, 0.5) is 11.8 Å². The van der Waals surface area contributed by atoms with E-state index in [2.05, 4.69) is 28.2 Å². The van der Waals surface area contributed by atoms with Gasteiger partial charge < -0.3 is 15.0 Å². The molecule has 0 aromatic carbocycles. The summed E-state index contributed by atoms with van der Waals surface area (Å²) in [6, 6.07) is 2.20. The normalized spacial score (nSPS) is 16.6. The molecule has 5 nitrogen and oxygen atoms in total. The lowest BCUT2D eigenvalue weighted by molar-refractivity contribution is 0.139. The summed E-state index contributed by atoms with van der Waals surface area (Å²) in [5, 5.41) is 4.26. The third kappa shape index (κ3) is 2.96. The highest BCUT2D eigenvalue weighted by Gasteiger charge is 2.22. The van der Waals surface area contributed by atoms with Crippen LogP contribution in [-0.2, 0) is 4.74 Å². The van der Waals surface area contributed by atoms with Crippen molar-refractivity contribution < 1.29 is 4.74 Å². The highest BCUT2D eigenvalue weighted by molar-refractivity contribution is 7.18. The first-order valence-electron chi connectivity index (χ1n) is 7.41. The second-order valence-corrected chi connectivity index (χ2v) is 6.82. The molecule has 0 unspecified atom stereocenters. The molecule has 0 spiro atoms. The second kappa shape index (κ2) is 6.15. The van der Waals surface area contributed by atoms with E-state index in [1.807, 2.05) is 7.05 Å². The molecule has 0 radical (unpaired) electrons. The highest BCUT2D eigenvalue weighted by Crippen LogP contribution is 2.33. The van der Waals surface area contributed by atoms with E-state index < -0.39 is 0 Å². The third-order valence-corrected chi connectivity index (χ3v) is 4.98. The summed E-state index contributed by atoms with van der Waals surface area (Å²) in [5.41, 5.74) is 0. The molecular formula is C15H22N4OS. The van der Waals surface area contributed by atoms with Gasteiger partial charge in [-0.1, -0.05) is 0 Å². The van der Waals surface area contributed by atoms with Gasteiger partial charge in [-0.15, -0.1) is 11.3 Å². The molecule has 0 atom stereocenters. The molecule has 6 heteroatoms. The van der Waals surface area contributed by atoms with Crippen LogP contribution in [0.2, 0.25) is 0 Å². The van der Waals surface area contributed by atoms with E-state index in [-0.39, 0.29) is 0 Å². The number of anilines is 2. The number of aromatic nitrogens is 2. The van der Waals surface area contributed by atoms with Crippen molar-refractivity contribution in [2.24, 2.45) is 5.92 Å². The Labute approximate surface area is 129 Å². The van der Waals surface area contributed by atoms with Crippen LogP contribution in [0.3, 0.4) is 0 Å². The molecule has 1 saturated heterocycles. The molecular weight excluding hydrogens is 284 g/mol. The van der Waals surface area contributed by atoms with Gasteiger partial charge in [0.2, 0.25) is 5.95 Å². The van der Waals surface area contributed by atoms with Crippen molar-refractivity contribution in [1.29, 1.82) is 0 Å². The number of nitrogens with one attached hydrogen (secondary N) is 1. The first-order chi connectivity index (χ1) is 10.2. The van der Waals surface area contributed by atoms with Crippen LogP contribution in [0.5, 0.6) is 0 Å². The monoisotopic (exact) mass is 306 g/mol. The summed E-state index contributed by atoms with van der Waals surface area (Å²) in [6.45, 7) is 5.07. The lowest BCUT2D eigenvalue weighted by atomic mass is 9.98. The van der Waals surface area contributed by atoms with Gasteiger partial charge in [-0.25, -0.2) is 4.98 Å². The van der Waals surface area contributed by atoms with E-state index >= 15 is 0 Å². The van der Waals surface area contributed by atoms with Gasteiger partial charge in [-0.05, 0) is 31.7 Å². The Morgan fingerprint density at radius 3 is 2.81 bits per heavy atom. The van der Waals surface area contributed by atoms with Gasteiger partial charge in [0.25, 0.3) is 0 Å². The maximum Gasteiger partial charge on any atom is 0.225 e. The Balaban J connectivity index is 1.89. The molecule has 21 heavy (non-hydrogen) atoms. The average Bonchev–Trinajstić information content (AvgIpc) is 2.87. The Morgan fingerprint density at radius 1 is 1.38 bits per heavy atom. The summed E-state index contributed by atoms with van der Waals surface area (Å²) < 4.78 is 5.28. The van der Waals surface area contributed by atoms with Crippen LogP contribution in [0.15, 0.2) is 6.07 Å². The van der Waals surface area contributed by atoms with Crippen LogP contribution < -0.4 is 10.2 Å². The maximum atomic E-state index is 5.28. The first kappa shape index (κ1) is 14.5. The Kier molecular flexibility index (Phi) is 4.26. The Bertz CT molecular complexity index is 619. The number of fused-ring (bicyclic) bond motifs is 1. The van der Waals surface area contributed by atoms with Gasteiger partial charge in [-0.2, -0.15) is 4.98 Å². The van der Waals surface area contributed by atoms with Crippen molar-refractivity contribution in [2.45, 2.75) is 19.8 Å². The van der Waals surface area contributed by atoms with Gasteiger partial charge in [-0.3, -0.25) is 0 Å². The van der Waals surface area contributed by atoms with E-state index in [4.69, 9.17) is 9.72 Å². The lowest BCUT2D eigenvalue weighted by Crippen LogP contribution is -2.35. The van der Waals surface area contributed by atoms with Crippen molar-refractivity contribution in [3.63, 3.8) is 0 Å². The smallest absolute Gasteiger partial charge is 0.225 e. The average molecular weight is 306 g/mol. The van der Waals surface area contributed by atoms with Crippen molar-refractivity contribution in [3.8, 4) is 0 Å². The van der Waals surface area contributed by atoms with E-state index in [0.717, 1.165) is 43.2 Å².